The van der Waals surface area contributed by atoms with Gasteiger partial charge in [0.25, 0.3) is 5.56 Å². The molecule has 19 heteroatoms. The first-order valence-corrected chi connectivity index (χ1v) is 26.4. The summed E-state index contributed by atoms with van der Waals surface area (Å²) in [5.41, 5.74) is 6.87. The topological polar surface area (TPSA) is 216 Å². The predicted molar refractivity (Wildman–Crippen MR) is 280 cm³/mol. The number of carbonyl (C=O) groups is 5. The molecule has 3 N–H and O–H groups in total. The Morgan fingerprint density at radius 1 is 0.918 bits per heavy atom. The van der Waals surface area contributed by atoms with Crippen LogP contribution in [-0.4, -0.2) is 145 Å². The third-order valence-corrected chi connectivity index (χ3v) is 15.6. The average Bonchev–Trinajstić information content (AvgIpc) is 4.15. The van der Waals surface area contributed by atoms with E-state index >= 15 is 0 Å². The van der Waals surface area contributed by atoms with Crippen molar-refractivity contribution < 1.29 is 29.1 Å². The minimum absolute atomic E-state index is 0.00321. The number of ketones is 1. The molecule has 1 aliphatic carbocycles. The van der Waals surface area contributed by atoms with Crippen molar-refractivity contribution in [2.24, 2.45) is 5.41 Å². The lowest BCUT2D eigenvalue weighted by atomic mass is 9.85. The highest BCUT2D eigenvalue weighted by molar-refractivity contribution is 7.13. The number of piperazine rings is 1. The number of β-amino-alcohol motifs (C(OH)–C–C–N with tert-alkyl or cyclic N) is 1. The highest BCUT2D eigenvalue weighted by atomic mass is 32.1. The van der Waals surface area contributed by atoms with E-state index in [0.717, 1.165) is 58.8 Å². The number of aliphatic hydroxyl groups excluding tert-OH is 1. The molecular formula is C54H69N11O7S. The molecule has 2 aliphatic heterocycles. The summed E-state index contributed by atoms with van der Waals surface area (Å²) in [7, 11) is 1.86. The Morgan fingerprint density at radius 3 is 2.27 bits per heavy atom. The Balaban J connectivity index is 0.774. The summed E-state index contributed by atoms with van der Waals surface area (Å²) in [6, 6.07) is 10.0. The zero-order chi connectivity index (χ0) is 52.1. The van der Waals surface area contributed by atoms with E-state index in [-0.39, 0.29) is 66.6 Å². The first kappa shape index (κ1) is 52.9. The first-order valence-electron chi connectivity index (χ1n) is 25.5. The van der Waals surface area contributed by atoms with E-state index in [9.17, 15) is 33.9 Å². The van der Waals surface area contributed by atoms with Crippen molar-refractivity contribution in [2.45, 2.75) is 124 Å². The average molecular weight is 1020 g/mol. The quantitative estimate of drug-likeness (QED) is 0.105. The van der Waals surface area contributed by atoms with Crippen LogP contribution in [0, 0.1) is 19.3 Å². The largest absolute Gasteiger partial charge is 0.391 e. The van der Waals surface area contributed by atoms with E-state index in [1.54, 1.807) is 29.0 Å². The number of nitrogens with zero attached hydrogens (tertiary/aromatic N) is 9. The van der Waals surface area contributed by atoms with Gasteiger partial charge >= 0.3 is 0 Å². The fourth-order valence-electron chi connectivity index (χ4n) is 10.3. The molecule has 73 heavy (non-hydrogen) atoms. The Kier molecular flexibility index (Phi) is 16.5. The number of hydrogen-bond acceptors (Lipinski definition) is 14. The van der Waals surface area contributed by atoms with E-state index in [4.69, 9.17) is 9.97 Å². The van der Waals surface area contributed by atoms with E-state index in [0.29, 0.717) is 74.5 Å². The normalized spacial score (nSPS) is 17.9. The molecule has 0 bridgehead atoms. The van der Waals surface area contributed by atoms with Crippen molar-refractivity contribution in [3.63, 3.8) is 0 Å². The van der Waals surface area contributed by atoms with Crippen LogP contribution in [0.1, 0.15) is 117 Å². The zero-order valence-electron chi connectivity index (χ0n) is 43.1. The van der Waals surface area contributed by atoms with Crippen molar-refractivity contribution in [1.82, 2.24) is 49.8 Å². The minimum atomic E-state index is -0.939. The van der Waals surface area contributed by atoms with Gasteiger partial charge in [0, 0.05) is 94.9 Å². The number of likely N-dealkylation sites (tertiary alicyclic amines) is 1. The molecule has 0 unspecified atom stereocenters. The van der Waals surface area contributed by atoms with Gasteiger partial charge in [-0.3, -0.25) is 38.3 Å². The molecule has 6 heterocycles. The number of pyridine rings is 2. The molecule has 3 atom stereocenters. The second-order valence-corrected chi connectivity index (χ2v) is 21.8. The van der Waals surface area contributed by atoms with E-state index < -0.39 is 29.5 Å². The lowest BCUT2D eigenvalue weighted by Gasteiger charge is -2.36. The number of nitrogens with one attached hydrogen (secondary N) is 2. The summed E-state index contributed by atoms with van der Waals surface area (Å²) in [4.78, 5) is 108. The standard InChI is InChI=1S/C54H69N11O7S/c1-33-42-30-56-44(59-50(42)65(39-10-8-9-11-39)52(71)47(33)35(3)66)26-38-16-17-40(29-55-38)62-22-24-63(25-23-62)46(69)19-21-61(7)20-18-45(68)60-49(54(4,5)6)53(72)64-31-41(67)27-43(64)51(70)57-28-36-12-14-37(15-13-36)48-34(2)58-32-73-48/h12-17,29-30,32,39,41,43,49,67H,8-11,18-28,31H2,1-7H3,(H,57,70)(H,60,68)/t41-,43+,49-/m1/s1. The van der Waals surface area contributed by atoms with E-state index in [1.807, 2.05) is 92.6 Å². The van der Waals surface area contributed by atoms with Crippen LogP contribution in [0.2, 0.25) is 0 Å². The molecule has 3 fully saturated rings. The molecule has 1 saturated carbocycles. The first-order chi connectivity index (χ1) is 34.9. The predicted octanol–water partition coefficient (Wildman–Crippen LogP) is 5.01. The number of aryl methyl sites for hydroxylation is 2. The fraction of sp³-hybridized carbons (Fsp3) is 0.519. The van der Waals surface area contributed by atoms with Gasteiger partial charge in [0.1, 0.15) is 23.6 Å². The second kappa shape index (κ2) is 22.8. The van der Waals surface area contributed by atoms with Crippen LogP contribution < -0.4 is 21.1 Å². The minimum Gasteiger partial charge on any atom is -0.391 e. The van der Waals surface area contributed by atoms with Gasteiger partial charge in [-0.2, -0.15) is 0 Å². The number of thiazole rings is 1. The number of amides is 4. The number of Topliss-reactive ketones (excluding diaryl/α,β-unsaturated/α-hetero) is 1. The van der Waals surface area contributed by atoms with Gasteiger partial charge in [-0.1, -0.05) is 57.9 Å². The van der Waals surface area contributed by atoms with Crippen LogP contribution >= 0.6 is 11.3 Å². The van der Waals surface area contributed by atoms with Crippen molar-refractivity contribution in [2.75, 3.05) is 57.8 Å². The lowest BCUT2D eigenvalue weighted by Crippen LogP contribution is -2.57. The molecule has 388 valence electrons. The van der Waals surface area contributed by atoms with Crippen molar-refractivity contribution in [1.29, 1.82) is 0 Å². The molecule has 0 spiro atoms. The summed E-state index contributed by atoms with van der Waals surface area (Å²) < 4.78 is 1.73. The van der Waals surface area contributed by atoms with Gasteiger partial charge in [0.2, 0.25) is 23.6 Å². The highest BCUT2D eigenvalue weighted by Crippen LogP contribution is 2.33. The van der Waals surface area contributed by atoms with Crippen LogP contribution in [0.5, 0.6) is 0 Å². The van der Waals surface area contributed by atoms with Crippen molar-refractivity contribution in [3.05, 3.63) is 98.6 Å². The summed E-state index contributed by atoms with van der Waals surface area (Å²) >= 11 is 1.57. The number of carbonyl (C=O) groups excluding carboxylic acids is 5. The molecule has 1 aromatic carbocycles. The Labute approximate surface area is 430 Å². The van der Waals surface area contributed by atoms with Crippen molar-refractivity contribution in [3.8, 4) is 10.4 Å². The fourth-order valence-corrected chi connectivity index (χ4v) is 11.1. The molecule has 4 amide bonds. The summed E-state index contributed by atoms with van der Waals surface area (Å²) in [5.74, 6) is -0.775. The maximum atomic E-state index is 14.1. The second-order valence-electron chi connectivity index (χ2n) is 21.0. The Bertz CT molecular complexity index is 2880. The maximum Gasteiger partial charge on any atom is 0.263 e. The molecule has 0 radical (unpaired) electrons. The number of rotatable bonds is 17. The third kappa shape index (κ3) is 12.3. The SMILES string of the molecule is CC(=O)c1c(C)c2cnc(Cc3ccc(N4CCN(C(=O)CCN(C)CCC(=O)N[C@H](C(=O)N5C[C@H](O)C[C@H]5C(=O)NCc5ccc(-c6scnc6C)cc5)C(C)(C)C)CC4)cn3)nc2n(C2CCCC2)c1=O. The Hall–Kier alpha value is -6.44. The van der Waals surface area contributed by atoms with Crippen LogP contribution in [0.3, 0.4) is 0 Å². The molecule has 2 saturated heterocycles. The van der Waals surface area contributed by atoms with Gasteiger partial charge in [-0.05, 0) is 74.9 Å². The molecule has 4 aromatic heterocycles. The molecule has 18 nitrogen and oxygen atoms in total. The van der Waals surface area contributed by atoms with E-state index in [2.05, 4.69) is 25.5 Å². The smallest absolute Gasteiger partial charge is 0.263 e. The monoisotopic (exact) mass is 1020 g/mol. The number of aliphatic hydroxyl groups is 1. The number of hydrogen-bond donors (Lipinski definition) is 3. The van der Waals surface area contributed by atoms with Crippen LogP contribution in [-0.2, 0) is 32.1 Å². The van der Waals surface area contributed by atoms with Gasteiger partial charge in [0.05, 0.1) is 46.1 Å². The highest BCUT2D eigenvalue weighted by Gasteiger charge is 2.44. The number of fused-ring (bicyclic) bond motifs is 1. The summed E-state index contributed by atoms with van der Waals surface area (Å²) in [6.07, 6.45) is 7.36. The lowest BCUT2D eigenvalue weighted by molar-refractivity contribution is -0.144. The van der Waals surface area contributed by atoms with Gasteiger partial charge in [0.15, 0.2) is 5.78 Å². The molecule has 3 aliphatic rings. The summed E-state index contributed by atoms with van der Waals surface area (Å²) in [6.45, 7) is 14.2. The summed E-state index contributed by atoms with van der Waals surface area (Å²) in [5, 5.41) is 17.2. The van der Waals surface area contributed by atoms with Crippen LogP contribution in [0.15, 0.2) is 59.1 Å². The number of benzene rings is 1. The van der Waals surface area contributed by atoms with Gasteiger partial charge in [-0.15, -0.1) is 11.3 Å². The number of anilines is 1. The van der Waals surface area contributed by atoms with Crippen LogP contribution in [0.4, 0.5) is 5.69 Å². The van der Waals surface area contributed by atoms with Gasteiger partial charge in [-0.25, -0.2) is 15.0 Å². The molecule has 5 aromatic rings. The number of aromatic nitrogens is 5. The van der Waals surface area contributed by atoms with Gasteiger partial charge < -0.3 is 35.3 Å². The third-order valence-electron chi connectivity index (χ3n) is 14.6. The van der Waals surface area contributed by atoms with Crippen molar-refractivity contribution >= 4 is 57.5 Å². The van der Waals surface area contributed by atoms with Crippen LogP contribution in [0.25, 0.3) is 21.5 Å². The molecular weight excluding hydrogens is 947 g/mol. The maximum absolute atomic E-state index is 14.1. The Morgan fingerprint density at radius 2 is 1.63 bits per heavy atom. The molecule has 8 rings (SSSR count). The zero-order valence-corrected chi connectivity index (χ0v) is 44.0. The van der Waals surface area contributed by atoms with E-state index in [1.165, 1.54) is 11.8 Å².